The van der Waals surface area contributed by atoms with Crippen LogP contribution in [0.15, 0.2) is 23.1 Å². The first-order valence-electron chi connectivity index (χ1n) is 10.6. The third kappa shape index (κ3) is 4.96. The Bertz CT molecular complexity index is 751. The van der Waals surface area contributed by atoms with Gasteiger partial charge in [0.15, 0.2) is 11.5 Å². The maximum atomic E-state index is 12.7. The molecule has 2 aliphatic heterocycles. The molecule has 0 radical (unpaired) electrons. The van der Waals surface area contributed by atoms with Gasteiger partial charge in [0, 0.05) is 24.0 Å². The van der Waals surface area contributed by atoms with E-state index in [1.807, 2.05) is 28.0 Å². The van der Waals surface area contributed by atoms with Crippen molar-refractivity contribution in [1.29, 1.82) is 0 Å². The van der Waals surface area contributed by atoms with Crippen LogP contribution >= 0.6 is 11.8 Å². The van der Waals surface area contributed by atoms with E-state index in [1.165, 1.54) is 11.8 Å². The van der Waals surface area contributed by atoms with Crippen LogP contribution in [0, 0.1) is 5.92 Å². The number of rotatable bonds is 8. The minimum absolute atomic E-state index is 0.121. The number of carbonyl (C=O) groups excluding carboxylic acids is 2. The number of thioether (sulfide) groups is 1. The zero-order valence-corrected chi connectivity index (χ0v) is 19.1. The number of methoxy groups -OCH3 is 2. The summed E-state index contributed by atoms with van der Waals surface area (Å²) in [4.78, 5) is 29.8. The predicted molar refractivity (Wildman–Crippen MR) is 116 cm³/mol. The van der Waals surface area contributed by atoms with Crippen molar-refractivity contribution in [2.45, 2.75) is 50.1 Å². The molecule has 1 aromatic rings. The van der Waals surface area contributed by atoms with Gasteiger partial charge in [-0.2, -0.15) is 0 Å². The molecule has 2 aliphatic rings. The van der Waals surface area contributed by atoms with Gasteiger partial charge in [0.05, 0.1) is 26.0 Å². The molecule has 2 heterocycles. The van der Waals surface area contributed by atoms with Crippen LogP contribution in [0.3, 0.4) is 0 Å². The van der Waals surface area contributed by atoms with Crippen molar-refractivity contribution in [3.63, 3.8) is 0 Å². The molecular weight excluding hydrogens is 404 g/mol. The summed E-state index contributed by atoms with van der Waals surface area (Å²) in [5.41, 5.74) is 0. The number of ether oxygens (including phenoxy) is 3. The normalized spacial score (nSPS) is 20.8. The van der Waals surface area contributed by atoms with E-state index in [0.29, 0.717) is 42.9 Å². The second-order valence-electron chi connectivity index (χ2n) is 7.85. The van der Waals surface area contributed by atoms with E-state index < -0.39 is 0 Å². The van der Waals surface area contributed by atoms with E-state index in [1.54, 1.807) is 14.2 Å². The third-order valence-corrected chi connectivity index (χ3v) is 7.15. The Labute approximate surface area is 183 Å². The van der Waals surface area contributed by atoms with Gasteiger partial charge in [-0.15, -0.1) is 11.8 Å². The highest BCUT2D eigenvalue weighted by Gasteiger charge is 2.41. The van der Waals surface area contributed by atoms with Crippen molar-refractivity contribution >= 4 is 23.8 Å². The molecule has 2 amide bonds. The number of piperidine rings is 1. The molecule has 2 atom stereocenters. The number of nitrogens with zero attached hydrogens (tertiary/aromatic N) is 2. The summed E-state index contributed by atoms with van der Waals surface area (Å²) in [7, 11) is 3.20. The standard InChI is InChI=1S/C22H32N2O5S/c1-5-15(2)18-13-29-22(26)24(18)16-8-10-23(11-9-16)21(25)14-30-17-6-7-19(27-3)20(12-17)28-4/h6-7,12,15-16,18H,5,8-11,13-14H2,1-4H3. The Morgan fingerprint density at radius 2 is 1.93 bits per heavy atom. The lowest BCUT2D eigenvalue weighted by Gasteiger charge is -2.39. The maximum Gasteiger partial charge on any atom is 0.410 e. The van der Waals surface area contributed by atoms with E-state index in [2.05, 4.69) is 13.8 Å². The van der Waals surface area contributed by atoms with Crippen LogP contribution in [0.5, 0.6) is 11.5 Å². The molecule has 0 N–H and O–H groups in total. The molecule has 30 heavy (non-hydrogen) atoms. The van der Waals surface area contributed by atoms with Crippen molar-refractivity contribution in [3.8, 4) is 11.5 Å². The molecule has 166 valence electrons. The van der Waals surface area contributed by atoms with Gasteiger partial charge in [0.2, 0.25) is 5.91 Å². The number of hydrogen-bond acceptors (Lipinski definition) is 6. The first-order valence-corrected chi connectivity index (χ1v) is 11.5. The second kappa shape index (κ2) is 10.3. The van der Waals surface area contributed by atoms with Crippen LogP contribution in [-0.4, -0.2) is 73.6 Å². The number of carbonyl (C=O) groups is 2. The summed E-state index contributed by atoms with van der Waals surface area (Å²) >= 11 is 1.49. The summed E-state index contributed by atoms with van der Waals surface area (Å²) < 4.78 is 15.9. The zero-order chi connectivity index (χ0) is 21.7. The van der Waals surface area contributed by atoms with Gasteiger partial charge in [-0.1, -0.05) is 20.3 Å². The van der Waals surface area contributed by atoms with Crippen LogP contribution in [0.1, 0.15) is 33.1 Å². The van der Waals surface area contributed by atoms with E-state index in [9.17, 15) is 9.59 Å². The van der Waals surface area contributed by atoms with Crippen molar-refractivity contribution in [2.24, 2.45) is 5.92 Å². The Hall–Kier alpha value is -2.09. The van der Waals surface area contributed by atoms with Crippen LogP contribution in [0.25, 0.3) is 0 Å². The lowest BCUT2D eigenvalue weighted by molar-refractivity contribution is -0.129. The first kappa shape index (κ1) is 22.6. The van der Waals surface area contributed by atoms with Gasteiger partial charge in [0.25, 0.3) is 0 Å². The van der Waals surface area contributed by atoms with Crippen LogP contribution in [0.4, 0.5) is 4.79 Å². The van der Waals surface area contributed by atoms with Crippen LogP contribution in [-0.2, 0) is 9.53 Å². The average molecular weight is 437 g/mol. The first-order chi connectivity index (χ1) is 14.5. The van der Waals surface area contributed by atoms with Crippen molar-refractivity contribution in [2.75, 3.05) is 39.7 Å². The molecule has 0 saturated carbocycles. The third-order valence-electron chi connectivity index (χ3n) is 6.17. The lowest BCUT2D eigenvalue weighted by atomic mass is 9.95. The number of cyclic esters (lactones) is 1. The van der Waals surface area contributed by atoms with Gasteiger partial charge in [-0.25, -0.2) is 4.79 Å². The van der Waals surface area contributed by atoms with Crippen molar-refractivity contribution < 1.29 is 23.8 Å². The van der Waals surface area contributed by atoms with Gasteiger partial charge in [-0.05, 0) is 37.0 Å². The SMILES string of the molecule is CCC(C)C1COC(=O)N1C1CCN(C(=O)CSc2ccc(OC)c(OC)c2)CC1. The molecule has 0 bridgehead atoms. The highest BCUT2D eigenvalue weighted by molar-refractivity contribution is 8.00. The molecule has 1 aromatic carbocycles. The van der Waals surface area contributed by atoms with E-state index in [0.717, 1.165) is 24.2 Å². The molecule has 0 aromatic heterocycles. The fraction of sp³-hybridized carbons (Fsp3) is 0.636. The molecular formula is C22H32N2O5S. The van der Waals surface area contributed by atoms with Crippen LogP contribution in [0.2, 0.25) is 0 Å². The van der Waals surface area contributed by atoms with Crippen molar-refractivity contribution in [3.05, 3.63) is 18.2 Å². The largest absolute Gasteiger partial charge is 0.493 e. The Morgan fingerprint density at radius 3 is 2.57 bits per heavy atom. The summed E-state index contributed by atoms with van der Waals surface area (Å²) in [6.45, 7) is 6.14. The molecule has 2 fully saturated rings. The summed E-state index contributed by atoms with van der Waals surface area (Å²) in [5.74, 6) is 2.24. The maximum absolute atomic E-state index is 12.7. The molecule has 0 aliphatic carbocycles. The fourth-order valence-corrected chi connectivity index (χ4v) is 4.94. The van der Waals surface area contributed by atoms with Gasteiger partial charge >= 0.3 is 6.09 Å². The predicted octanol–water partition coefficient (Wildman–Crippen LogP) is 3.65. The minimum atomic E-state index is -0.200. The molecule has 8 heteroatoms. The fourth-order valence-electron chi connectivity index (χ4n) is 4.11. The molecule has 2 saturated heterocycles. The molecule has 3 rings (SSSR count). The van der Waals surface area contributed by atoms with E-state index in [4.69, 9.17) is 14.2 Å². The Morgan fingerprint density at radius 1 is 1.23 bits per heavy atom. The smallest absolute Gasteiger partial charge is 0.410 e. The summed E-state index contributed by atoms with van der Waals surface area (Å²) in [6, 6.07) is 5.97. The van der Waals surface area contributed by atoms with E-state index in [-0.39, 0.29) is 24.1 Å². The van der Waals surface area contributed by atoms with Gasteiger partial charge in [-0.3, -0.25) is 9.69 Å². The van der Waals surface area contributed by atoms with Crippen molar-refractivity contribution in [1.82, 2.24) is 9.80 Å². The van der Waals surface area contributed by atoms with Crippen LogP contribution < -0.4 is 9.47 Å². The minimum Gasteiger partial charge on any atom is -0.493 e. The van der Waals surface area contributed by atoms with Gasteiger partial charge in [0.1, 0.15) is 6.61 Å². The second-order valence-corrected chi connectivity index (χ2v) is 8.90. The highest BCUT2D eigenvalue weighted by Crippen LogP contribution is 2.32. The summed E-state index contributed by atoms with van der Waals surface area (Å²) in [6.07, 6.45) is 2.42. The van der Waals surface area contributed by atoms with Gasteiger partial charge < -0.3 is 19.1 Å². The number of amides is 2. The average Bonchev–Trinajstić information content (AvgIpc) is 3.18. The monoisotopic (exact) mass is 436 g/mol. The lowest BCUT2D eigenvalue weighted by Crippen LogP contribution is -2.51. The number of hydrogen-bond donors (Lipinski definition) is 0. The van der Waals surface area contributed by atoms with E-state index >= 15 is 0 Å². The zero-order valence-electron chi connectivity index (χ0n) is 18.3. The Balaban J connectivity index is 1.51. The Kier molecular flexibility index (Phi) is 7.75. The molecule has 0 spiro atoms. The topological polar surface area (TPSA) is 68.3 Å². The quantitative estimate of drug-likeness (QED) is 0.580. The number of likely N-dealkylation sites (tertiary alicyclic amines) is 1. The molecule has 7 nitrogen and oxygen atoms in total. The molecule has 2 unspecified atom stereocenters. The summed E-state index contributed by atoms with van der Waals surface area (Å²) in [5, 5.41) is 0. The number of benzene rings is 1. The highest BCUT2D eigenvalue weighted by atomic mass is 32.2.